The smallest absolute Gasteiger partial charge is 0.260 e. The number of fused-ring (bicyclic) bond motifs is 2. The first-order valence-electron chi connectivity index (χ1n) is 10.4. The molecule has 2 aliphatic rings. The van der Waals surface area contributed by atoms with Gasteiger partial charge < -0.3 is 9.47 Å². The van der Waals surface area contributed by atoms with E-state index in [9.17, 15) is 9.59 Å². The topological polar surface area (TPSA) is 58.4 Å². The molecule has 162 valence electrons. The van der Waals surface area contributed by atoms with E-state index in [1.807, 2.05) is 4.90 Å². The summed E-state index contributed by atoms with van der Waals surface area (Å²) in [6.45, 7) is 4.70. The van der Waals surface area contributed by atoms with E-state index in [1.54, 1.807) is 25.2 Å². The van der Waals surface area contributed by atoms with Crippen LogP contribution < -0.4 is 5.56 Å². The maximum absolute atomic E-state index is 13.3. The van der Waals surface area contributed by atoms with Gasteiger partial charge in [0, 0.05) is 44.2 Å². The van der Waals surface area contributed by atoms with Gasteiger partial charge in [-0.15, -0.1) is 12.4 Å². The molecule has 0 aliphatic carbocycles. The molecule has 0 bridgehead atoms. The lowest BCUT2D eigenvalue weighted by Gasteiger charge is -2.28. The normalized spacial score (nSPS) is 23.1. The second-order valence-corrected chi connectivity index (χ2v) is 8.77. The molecule has 3 atom stereocenters. The van der Waals surface area contributed by atoms with E-state index in [0.717, 1.165) is 19.6 Å². The van der Waals surface area contributed by atoms with Crippen LogP contribution in [0.25, 0.3) is 10.9 Å². The van der Waals surface area contributed by atoms with E-state index in [0.29, 0.717) is 34.3 Å². The van der Waals surface area contributed by atoms with Gasteiger partial charge in [-0.25, -0.2) is 4.98 Å². The van der Waals surface area contributed by atoms with Gasteiger partial charge in [0.15, 0.2) is 0 Å². The highest BCUT2D eigenvalue weighted by atomic mass is 35.5. The highest BCUT2D eigenvalue weighted by Gasteiger charge is 2.47. The second kappa shape index (κ2) is 8.09. The molecule has 2 saturated heterocycles. The molecular formula is C24H27ClN4O2. The van der Waals surface area contributed by atoms with Crippen LogP contribution >= 0.6 is 12.4 Å². The van der Waals surface area contributed by atoms with Crippen LogP contribution in [0.4, 0.5) is 0 Å². The molecule has 0 N–H and O–H groups in total. The molecule has 5 rings (SSSR count). The van der Waals surface area contributed by atoms with Crippen molar-refractivity contribution in [3.05, 3.63) is 75.8 Å². The number of likely N-dealkylation sites (tertiary alicyclic amines) is 2. The largest absolute Gasteiger partial charge is 0.338 e. The number of hydrogen-bond acceptors (Lipinski definition) is 4. The van der Waals surface area contributed by atoms with Gasteiger partial charge in [-0.2, -0.15) is 0 Å². The fourth-order valence-electron chi connectivity index (χ4n) is 5.34. The fraction of sp³-hybridized carbons (Fsp3) is 0.375. The van der Waals surface area contributed by atoms with Crippen LogP contribution in [-0.2, 0) is 7.05 Å². The number of halogens is 1. The van der Waals surface area contributed by atoms with Gasteiger partial charge in [-0.3, -0.25) is 14.5 Å². The monoisotopic (exact) mass is 438 g/mol. The molecule has 31 heavy (non-hydrogen) atoms. The van der Waals surface area contributed by atoms with Crippen molar-refractivity contribution in [2.75, 3.05) is 26.7 Å². The van der Waals surface area contributed by atoms with Gasteiger partial charge >= 0.3 is 0 Å². The Labute approximate surface area is 187 Å². The molecule has 0 spiro atoms. The SMILES string of the molecule is Cc1ccccc1[C@@H]1[C@@H]2CN(C(=O)c3ccc4c(=O)n(C)cnc4c3)C[C@@H]2CN1C.Cl. The second-order valence-electron chi connectivity index (χ2n) is 8.77. The van der Waals surface area contributed by atoms with Crippen LogP contribution in [-0.4, -0.2) is 51.9 Å². The molecule has 1 amide bonds. The molecular weight excluding hydrogens is 412 g/mol. The minimum absolute atomic E-state index is 0. The highest BCUT2D eigenvalue weighted by molar-refractivity contribution is 5.97. The number of nitrogens with zero attached hydrogens (tertiary/aromatic N) is 4. The van der Waals surface area contributed by atoms with Gasteiger partial charge in [0.25, 0.3) is 11.5 Å². The van der Waals surface area contributed by atoms with E-state index < -0.39 is 0 Å². The zero-order valence-corrected chi connectivity index (χ0v) is 18.8. The summed E-state index contributed by atoms with van der Waals surface area (Å²) in [4.78, 5) is 34.3. The molecule has 2 aromatic carbocycles. The summed E-state index contributed by atoms with van der Waals surface area (Å²) < 4.78 is 1.45. The van der Waals surface area contributed by atoms with Crippen molar-refractivity contribution in [2.45, 2.75) is 13.0 Å². The highest BCUT2D eigenvalue weighted by Crippen LogP contribution is 2.45. The number of aryl methyl sites for hydroxylation is 2. The zero-order valence-electron chi connectivity index (χ0n) is 18.0. The Morgan fingerprint density at radius 2 is 1.84 bits per heavy atom. The molecule has 0 radical (unpaired) electrons. The summed E-state index contributed by atoms with van der Waals surface area (Å²) in [6.07, 6.45) is 1.50. The third kappa shape index (κ3) is 3.54. The van der Waals surface area contributed by atoms with E-state index >= 15 is 0 Å². The summed E-state index contributed by atoms with van der Waals surface area (Å²) in [6, 6.07) is 14.1. The van der Waals surface area contributed by atoms with E-state index in [1.165, 1.54) is 22.0 Å². The van der Waals surface area contributed by atoms with Crippen LogP contribution in [0.3, 0.4) is 0 Å². The number of carbonyl (C=O) groups is 1. The van der Waals surface area contributed by atoms with Gasteiger partial charge in [0.2, 0.25) is 0 Å². The molecule has 0 saturated carbocycles. The Kier molecular flexibility index (Phi) is 5.62. The summed E-state index contributed by atoms with van der Waals surface area (Å²) in [5.41, 5.74) is 3.75. The molecule has 2 aliphatic heterocycles. The molecule has 6 nitrogen and oxygen atoms in total. The first-order chi connectivity index (χ1) is 14.4. The predicted octanol–water partition coefficient (Wildman–Crippen LogP) is 3.04. The maximum atomic E-state index is 13.3. The third-order valence-electron chi connectivity index (χ3n) is 6.85. The zero-order chi connectivity index (χ0) is 21.0. The Bertz CT molecular complexity index is 1210. The standard InChI is InChI=1S/C24H26N4O2.ClH/c1-15-6-4-5-7-18(15)22-20-13-28(12-17(20)11-26(22)2)23(29)16-8-9-19-21(10-16)25-14-27(3)24(19)30;/h4-10,14,17,20,22H,11-13H2,1-3H3;1H/t17-,20+,22+;/m0./s1. The molecule has 0 unspecified atom stereocenters. The van der Waals surface area contributed by atoms with Gasteiger partial charge in [-0.05, 0) is 49.2 Å². The minimum atomic E-state index is -0.0983. The number of hydrogen-bond donors (Lipinski definition) is 0. The Morgan fingerprint density at radius 1 is 1.06 bits per heavy atom. The summed E-state index contributed by atoms with van der Waals surface area (Å²) in [5, 5.41) is 0.538. The summed E-state index contributed by atoms with van der Waals surface area (Å²) >= 11 is 0. The molecule has 3 aromatic rings. The van der Waals surface area contributed by atoms with Crippen molar-refractivity contribution >= 4 is 29.2 Å². The van der Waals surface area contributed by atoms with E-state index in [-0.39, 0.29) is 23.9 Å². The Hall–Kier alpha value is -2.70. The minimum Gasteiger partial charge on any atom is -0.338 e. The Morgan fingerprint density at radius 3 is 2.61 bits per heavy atom. The van der Waals surface area contributed by atoms with Crippen molar-refractivity contribution in [1.29, 1.82) is 0 Å². The van der Waals surface area contributed by atoms with Crippen LogP contribution in [0.15, 0.2) is 53.6 Å². The van der Waals surface area contributed by atoms with Gasteiger partial charge in [-0.1, -0.05) is 24.3 Å². The maximum Gasteiger partial charge on any atom is 0.260 e. The van der Waals surface area contributed by atoms with E-state index in [4.69, 9.17) is 0 Å². The number of benzene rings is 2. The average molecular weight is 439 g/mol. The number of carbonyl (C=O) groups excluding carboxylic acids is 1. The first-order valence-corrected chi connectivity index (χ1v) is 10.4. The van der Waals surface area contributed by atoms with Crippen molar-refractivity contribution in [3.8, 4) is 0 Å². The lowest BCUT2D eigenvalue weighted by Crippen LogP contribution is -2.33. The van der Waals surface area contributed by atoms with Crippen molar-refractivity contribution in [2.24, 2.45) is 18.9 Å². The van der Waals surface area contributed by atoms with Crippen LogP contribution in [0.1, 0.15) is 27.5 Å². The molecule has 1 aromatic heterocycles. The Balaban J connectivity index is 0.00000231. The molecule has 7 heteroatoms. The third-order valence-corrected chi connectivity index (χ3v) is 6.85. The molecule has 3 heterocycles. The van der Waals surface area contributed by atoms with Crippen molar-refractivity contribution < 1.29 is 4.79 Å². The number of amides is 1. The average Bonchev–Trinajstić information content (AvgIpc) is 3.27. The van der Waals surface area contributed by atoms with Crippen LogP contribution in [0.5, 0.6) is 0 Å². The first kappa shape index (κ1) is 21.5. The predicted molar refractivity (Wildman–Crippen MR) is 124 cm³/mol. The summed E-state index contributed by atoms with van der Waals surface area (Å²) in [5.74, 6) is 0.945. The molecule has 2 fully saturated rings. The fourth-order valence-corrected chi connectivity index (χ4v) is 5.34. The number of rotatable bonds is 2. The van der Waals surface area contributed by atoms with Crippen molar-refractivity contribution in [1.82, 2.24) is 19.4 Å². The van der Waals surface area contributed by atoms with Crippen molar-refractivity contribution in [3.63, 3.8) is 0 Å². The summed E-state index contributed by atoms with van der Waals surface area (Å²) in [7, 11) is 3.87. The van der Waals surface area contributed by atoms with Gasteiger partial charge in [0.05, 0.1) is 17.2 Å². The van der Waals surface area contributed by atoms with Crippen LogP contribution in [0, 0.1) is 18.8 Å². The van der Waals surface area contributed by atoms with E-state index in [2.05, 4.69) is 48.1 Å². The lowest BCUT2D eigenvalue weighted by molar-refractivity contribution is 0.0768. The number of aromatic nitrogens is 2. The van der Waals surface area contributed by atoms with Crippen LogP contribution in [0.2, 0.25) is 0 Å². The quantitative estimate of drug-likeness (QED) is 0.617. The van der Waals surface area contributed by atoms with Gasteiger partial charge in [0.1, 0.15) is 0 Å². The lowest BCUT2D eigenvalue weighted by atomic mass is 9.88.